The summed E-state index contributed by atoms with van der Waals surface area (Å²) in [6, 6.07) is 15.0. The lowest BCUT2D eigenvalue weighted by molar-refractivity contribution is -0.120. The van der Waals surface area contributed by atoms with Crippen LogP contribution in [0.3, 0.4) is 0 Å². The van der Waals surface area contributed by atoms with E-state index in [1.165, 1.54) is 18.2 Å². The summed E-state index contributed by atoms with van der Waals surface area (Å²) in [7, 11) is -3.74. The van der Waals surface area contributed by atoms with Crippen LogP contribution in [0.15, 0.2) is 54.6 Å². The van der Waals surface area contributed by atoms with Crippen LogP contribution in [0, 0.1) is 5.82 Å². The van der Waals surface area contributed by atoms with E-state index in [1.807, 2.05) is 37.3 Å². The highest BCUT2D eigenvalue weighted by Crippen LogP contribution is 2.28. The van der Waals surface area contributed by atoms with Gasteiger partial charge in [0.25, 0.3) is 0 Å². The van der Waals surface area contributed by atoms with Gasteiger partial charge in [0.15, 0.2) is 0 Å². The summed E-state index contributed by atoms with van der Waals surface area (Å²) < 4.78 is 38.6. The fourth-order valence-electron chi connectivity index (χ4n) is 3.31. The van der Waals surface area contributed by atoms with Crippen molar-refractivity contribution in [2.24, 2.45) is 0 Å². The highest BCUT2D eigenvalue weighted by molar-refractivity contribution is 7.92. The van der Waals surface area contributed by atoms with Crippen LogP contribution in [-0.4, -0.2) is 33.2 Å². The highest BCUT2D eigenvalue weighted by Gasteiger charge is 2.26. The monoisotopic (exact) mass is 406 g/mol. The van der Waals surface area contributed by atoms with Crippen molar-refractivity contribution in [2.75, 3.05) is 17.1 Å². The van der Waals surface area contributed by atoms with Crippen molar-refractivity contribution >= 4 is 21.6 Å². The highest BCUT2D eigenvalue weighted by atomic mass is 32.2. The number of hydrogen-bond donors (Lipinski definition) is 1. The molecule has 0 saturated carbocycles. The molecule has 1 amide bonds. The summed E-state index contributed by atoms with van der Waals surface area (Å²) >= 11 is 0. The molecule has 0 spiro atoms. The van der Waals surface area contributed by atoms with Gasteiger partial charge >= 0.3 is 0 Å². The lowest BCUT2D eigenvalue weighted by atomic mass is 9.79. The number of benzene rings is 2. The van der Waals surface area contributed by atoms with Crippen molar-refractivity contribution in [2.45, 2.75) is 38.6 Å². The Morgan fingerprint density at radius 1 is 1.14 bits per heavy atom. The Morgan fingerprint density at radius 3 is 2.36 bits per heavy atom. The molecule has 0 heterocycles. The lowest BCUT2D eigenvalue weighted by Gasteiger charge is -2.30. The molecule has 0 fully saturated rings. The number of nitrogens with zero attached hydrogens (tertiary/aromatic N) is 1. The molecule has 0 aliphatic heterocycles. The summed E-state index contributed by atoms with van der Waals surface area (Å²) in [4.78, 5) is 12.5. The number of anilines is 1. The molecule has 2 aromatic carbocycles. The molecule has 1 unspecified atom stereocenters. The van der Waals surface area contributed by atoms with E-state index in [4.69, 9.17) is 0 Å². The van der Waals surface area contributed by atoms with Crippen molar-refractivity contribution in [1.29, 1.82) is 0 Å². The van der Waals surface area contributed by atoms with Gasteiger partial charge < -0.3 is 5.32 Å². The van der Waals surface area contributed by atoms with Gasteiger partial charge in [0.1, 0.15) is 12.4 Å². The summed E-state index contributed by atoms with van der Waals surface area (Å²) in [6.45, 7) is 5.68. The maximum Gasteiger partial charge on any atom is 0.240 e. The van der Waals surface area contributed by atoms with Gasteiger partial charge in [-0.2, -0.15) is 0 Å². The molecule has 2 aromatic rings. The van der Waals surface area contributed by atoms with Crippen LogP contribution in [0.25, 0.3) is 0 Å². The summed E-state index contributed by atoms with van der Waals surface area (Å²) in [6.07, 6.45) is 1.68. The van der Waals surface area contributed by atoms with E-state index < -0.39 is 28.3 Å². The molecule has 0 aromatic heterocycles. The third kappa shape index (κ3) is 6.05. The number of carbonyl (C=O) groups is 1. The molecular formula is C21H27FN2O3S. The molecule has 5 nitrogen and oxygen atoms in total. The minimum atomic E-state index is -3.74. The molecule has 1 N–H and O–H groups in total. The van der Waals surface area contributed by atoms with Crippen LogP contribution in [0.5, 0.6) is 0 Å². The van der Waals surface area contributed by atoms with Gasteiger partial charge in [-0.15, -0.1) is 0 Å². The first kappa shape index (κ1) is 21.9. The molecular weight excluding hydrogens is 379 g/mol. The number of nitrogens with one attached hydrogen (secondary N) is 1. The SMILES string of the molecule is CC(CC(C)(C)c1ccccc1)NC(=O)CN(c1cccc(F)c1)S(C)(=O)=O. The number of rotatable bonds is 8. The van der Waals surface area contributed by atoms with Crippen LogP contribution in [-0.2, 0) is 20.2 Å². The average Bonchev–Trinajstić information content (AvgIpc) is 2.59. The van der Waals surface area contributed by atoms with E-state index in [0.29, 0.717) is 6.42 Å². The molecule has 0 saturated heterocycles. The van der Waals surface area contributed by atoms with Crippen molar-refractivity contribution in [3.05, 3.63) is 66.0 Å². The van der Waals surface area contributed by atoms with E-state index in [0.717, 1.165) is 22.2 Å². The minimum absolute atomic E-state index is 0.120. The molecule has 2 rings (SSSR count). The zero-order valence-corrected chi connectivity index (χ0v) is 17.5. The Labute approximate surface area is 166 Å². The largest absolute Gasteiger partial charge is 0.352 e. The van der Waals surface area contributed by atoms with E-state index in [2.05, 4.69) is 19.2 Å². The van der Waals surface area contributed by atoms with Crippen molar-refractivity contribution in [3.8, 4) is 0 Å². The first-order valence-electron chi connectivity index (χ1n) is 9.07. The van der Waals surface area contributed by atoms with Crippen LogP contribution in [0.2, 0.25) is 0 Å². The van der Waals surface area contributed by atoms with Gasteiger partial charge in [-0.25, -0.2) is 12.8 Å². The number of halogens is 1. The second-order valence-electron chi connectivity index (χ2n) is 7.67. The Balaban J connectivity index is 2.06. The Morgan fingerprint density at radius 2 is 1.79 bits per heavy atom. The average molecular weight is 407 g/mol. The molecule has 1 atom stereocenters. The first-order chi connectivity index (χ1) is 13.0. The Kier molecular flexibility index (Phi) is 6.82. The third-order valence-corrected chi connectivity index (χ3v) is 5.70. The standard InChI is InChI=1S/C21H27FN2O3S/c1-16(14-21(2,3)17-9-6-5-7-10-17)23-20(25)15-24(28(4,26)27)19-12-8-11-18(22)13-19/h5-13,16H,14-15H2,1-4H3,(H,23,25). The van der Waals surface area contributed by atoms with Crippen molar-refractivity contribution in [1.82, 2.24) is 5.32 Å². The number of hydrogen-bond acceptors (Lipinski definition) is 3. The molecule has 0 aliphatic carbocycles. The van der Waals surface area contributed by atoms with Gasteiger partial charge in [-0.1, -0.05) is 50.2 Å². The first-order valence-corrected chi connectivity index (χ1v) is 10.9. The van der Waals surface area contributed by atoms with Gasteiger partial charge in [0.05, 0.1) is 11.9 Å². The normalized spacial score (nSPS) is 13.0. The summed E-state index contributed by atoms with van der Waals surface area (Å²) in [5.41, 5.74) is 1.12. The number of amides is 1. The van der Waals surface area contributed by atoms with E-state index in [9.17, 15) is 17.6 Å². The zero-order chi connectivity index (χ0) is 20.9. The number of carbonyl (C=O) groups excluding carboxylic acids is 1. The van der Waals surface area contributed by atoms with Gasteiger partial charge in [0, 0.05) is 6.04 Å². The molecule has 152 valence electrons. The minimum Gasteiger partial charge on any atom is -0.352 e. The Hall–Kier alpha value is -2.41. The van der Waals surface area contributed by atoms with E-state index >= 15 is 0 Å². The van der Waals surface area contributed by atoms with Crippen LogP contribution in [0.4, 0.5) is 10.1 Å². The van der Waals surface area contributed by atoms with Crippen molar-refractivity contribution < 1.29 is 17.6 Å². The second kappa shape index (κ2) is 8.73. The maximum atomic E-state index is 13.5. The number of sulfonamides is 1. The van der Waals surface area contributed by atoms with E-state index in [-0.39, 0.29) is 17.1 Å². The quantitative estimate of drug-likeness (QED) is 0.730. The van der Waals surface area contributed by atoms with Gasteiger partial charge in [0.2, 0.25) is 15.9 Å². The van der Waals surface area contributed by atoms with Crippen LogP contribution in [0.1, 0.15) is 32.8 Å². The molecule has 0 bridgehead atoms. The predicted octanol–water partition coefficient (Wildman–Crippen LogP) is 3.46. The van der Waals surface area contributed by atoms with Crippen molar-refractivity contribution in [3.63, 3.8) is 0 Å². The second-order valence-corrected chi connectivity index (χ2v) is 9.58. The molecule has 0 aliphatic rings. The predicted molar refractivity (Wildman–Crippen MR) is 110 cm³/mol. The fourth-order valence-corrected chi connectivity index (χ4v) is 4.15. The molecule has 28 heavy (non-hydrogen) atoms. The molecule has 7 heteroatoms. The van der Waals surface area contributed by atoms with E-state index in [1.54, 1.807) is 0 Å². The molecule has 0 radical (unpaired) electrons. The topological polar surface area (TPSA) is 66.5 Å². The lowest BCUT2D eigenvalue weighted by Crippen LogP contribution is -2.44. The Bertz CT molecular complexity index is 914. The smallest absolute Gasteiger partial charge is 0.240 e. The fraction of sp³-hybridized carbons (Fsp3) is 0.381. The summed E-state index contributed by atoms with van der Waals surface area (Å²) in [5, 5.41) is 2.85. The zero-order valence-electron chi connectivity index (χ0n) is 16.6. The van der Waals surface area contributed by atoms with Gasteiger partial charge in [-0.3, -0.25) is 9.10 Å². The van der Waals surface area contributed by atoms with Crippen LogP contribution >= 0.6 is 0 Å². The van der Waals surface area contributed by atoms with Crippen LogP contribution < -0.4 is 9.62 Å². The third-order valence-electron chi connectivity index (χ3n) is 4.56. The summed E-state index contributed by atoms with van der Waals surface area (Å²) in [5.74, 6) is -1.00. The van der Waals surface area contributed by atoms with Gasteiger partial charge in [-0.05, 0) is 42.5 Å². The maximum absolute atomic E-state index is 13.5.